The maximum Gasteiger partial charge on any atom is 0.147 e. The molecule has 80 valence electrons. The van der Waals surface area contributed by atoms with E-state index < -0.39 is 20.6 Å². The molecule has 0 saturated heterocycles. The van der Waals surface area contributed by atoms with Crippen LogP contribution in [-0.4, -0.2) is 49.7 Å². The van der Waals surface area contributed by atoms with Crippen LogP contribution in [0, 0.1) is 0 Å². The monoisotopic (exact) mass is 227 g/mol. The Morgan fingerprint density at radius 3 is 2.38 bits per heavy atom. The standard InChI is InChI=1S/C7H17NO3S2/c1-12(9)6-5-8-4-3-7-13(2,10)11/h8H,3-7H2,1-2H3. The number of hydrogen-bond donors (Lipinski definition) is 1. The maximum atomic E-state index is 10.7. The minimum Gasteiger partial charge on any atom is -0.316 e. The number of sulfone groups is 1. The summed E-state index contributed by atoms with van der Waals surface area (Å²) in [7, 11) is -3.60. The third-order valence-corrected chi connectivity index (χ3v) is 3.24. The van der Waals surface area contributed by atoms with Crippen molar-refractivity contribution < 1.29 is 12.6 Å². The molecule has 13 heavy (non-hydrogen) atoms. The molecule has 0 heterocycles. The largest absolute Gasteiger partial charge is 0.316 e. The molecule has 0 aromatic rings. The first-order valence-corrected chi connectivity index (χ1v) is 7.89. The SMILES string of the molecule is CS(=O)CCNCCCS(C)(=O)=O. The molecule has 1 unspecified atom stereocenters. The summed E-state index contributed by atoms with van der Waals surface area (Å²) in [6.45, 7) is 1.36. The van der Waals surface area contributed by atoms with Crippen molar-refractivity contribution in [3.63, 3.8) is 0 Å². The van der Waals surface area contributed by atoms with Crippen LogP contribution in [0.15, 0.2) is 0 Å². The number of hydrogen-bond acceptors (Lipinski definition) is 4. The average Bonchev–Trinajstić information content (AvgIpc) is 1.93. The van der Waals surface area contributed by atoms with Crippen LogP contribution in [0.1, 0.15) is 6.42 Å². The van der Waals surface area contributed by atoms with E-state index in [0.29, 0.717) is 25.3 Å². The van der Waals surface area contributed by atoms with Gasteiger partial charge in [-0.2, -0.15) is 0 Å². The van der Waals surface area contributed by atoms with Gasteiger partial charge in [0.2, 0.25) is 0 Å². The van der Waals surface area contributed by atoms with Crippen molar-refractivity contribution >= 4 is 20.6 Å². The van der Waals surface area contributed by atoms with Crippen molar-refractivity contribution in [3.8, 4) is 0 Å². The predicted molar refractivity (Wildman–Crippen MR) is 56.1 cm³/mol. The van der Waals surface area contributed by atoms with Gasteiger partial charge in [0.25, 0.3) is 0 Å². The second-order valence-electron chi connectivity index (χ2n) is 3.01. The average molecular weight is 227 g/mol. The van der Waals surface area contributed by atoms with Gasteiger partial charge >= 0.3 is 0 Å². The highest BCUT2D eigenvalue weighted by Gasteiger charge is 2.00. The highest BCUT2D eigenvalue weighted by Crippen LogP contribution is 1.86. The zero-order valence-corrected chi connectivity index (χ0v) is 9.71. The fourth-order valence-electron chi connectivity index (χ4n) is 0.800. The lowest BCUT2D eigenvalue weighted by atomic mass is 10.5. The fourth-order valence-corrected chi connectivity index (χ4v) is 1.90. The summed E-state index contributed by atoms with van der Waals surface area (Å²) in [5.41, 5.74) is 0. The smallest absolute Gasteiger partial charge is 0.147 e. The molecule has 0 radical (unpaired) electrons. The molecule has 1 atom stereocenters. The van der Waals surface area contributed by atoms with Gasteiger partial charge in [0.15, 0.2) is 0 Å². The second-order valence-corrected chi connectivity index (χ2v) is 6.83. The van der Waals surface area contributed by atoms with Crippen LogP contribution in [0.5, 0.6) is 0 Å². The zero-order valence-electron chi connectivity index (χ0n) is 8.08. The van der Waals surface area contributed by atoms with Crippen molar-refractivity contribution in [2.75, 3.05) is 37.1 Å². The van der Waals surface area contributed by atoms with E-state index in [9.17, 15) is 12.6 Å². The van der Waals surface area contributed by atoms with Gasteiger partial charge in [0.1, 0.15) is 9.84 Å². The van der Waals surface area contributed by atoms with Gasteiger partial charge in [-0.3, -0.25) is 4.21 Å². The first-order valence-electron chi connectivity index (χ1n) is 4.10. The van der Waals surface area contributed by atoms with E-state index in [2.05, 4.69) is 5.32 Å². The molecule has 0 rings (SSSR count). The van der Waals surface area contributed by atoms with Crippen molar-refractivity contribution in [2.45, 2.75) is 6.42 Å². The highest BCUT2D eigenvalue weighted by atomic mass is 32.2. The molecular formula is C7H17NO3S2. The van der Waals surface area contributed by atoms with E-state index in [4.69, 9.17) is 0 Å². The van der Waals surface area contributed by atoms with E-state index in [1.54, 1.807) is 6.26 Å². The Hall–Kier alpha value is 0.0600. The highest BCUT2D eigenvalue weighted by molar-refractivity contribution is 7.90. The summed E-state index contributed by atoms with van der Waals surface area (Å²) in [6.07, 6.45) is 3.50. The topological polar surface area (TPSA) is 63.2 Å². The summed E-state index contributed by atoms with van der Waals surface area (Å²) in [4.78, 5) is 0. The molecule has 6 heteroatoms. The summed E-state index contributed by atoms with van der Waals surface area (Å²) in [5.74, 6) is 0.841. The van der Waals surface area contributed by atoms with Gasteiger partial charge in [-0.15, -0.1) is 0 Å². The maximum absolute atomic E-state index is 10.7. The Balaban J connectivity index is 3.23. The normalized spacial score (nSPS) is 14.3. The van der Waals surface area contributed by atoms with Gasteiger partial charge in [0, 0.05) is 35.6 Å². The van der Waals surface area contributed by atoms with Gasteiger partial charge in [-0.25, -0.2) is 8.42 Å². The molecule has 0 amide bonds. The van der Waals surface area contributed by atoms with Crippen LogP contribution < -0.4 is 5.32 Å². The third-order valence-electron chi connectivity index (χ3n) is 1.43. The van der Waals surface area contributed by atoms with Gasteiger partial charge < -0.3 is 5.32 Å². The number of nitrogens with one attached hydrogen (secondary N) is 1. The first-order chi connectivity index (χ1) is 5.92. The lowest BCUT2D eigenvalue weighted by Crippen LogP contribution is -2.22. The molecule has 0 aromatic heterocycles. The molecule has 1 N–H and O–H groups in total. The van der Waals surface area contributed by atoms with Crippen LogP contribution in [0.3, 0.4) is 0 Å². The van der Waals surface area contributed by atoms with Crippen LogP contribution in [0.4, 0.5) is 0 Å². The summed E-state index contributed by atoms with van der Waals surface area (Å²) < 4.78 is 32.0. The lowest BCUT2D eigenvalue weighted by molar-refractivity contribution is 0.595. The Morgan fingerprint density at radius 2 is 1.92 bits per heavy atom. The molecule has 0 aliphatic carbocycles. The fraction of sp³-hybridized carbons (Fsp3) is 1.00. The molecule has 0 aliphatic rings. The Labute approximate surface area is 82.5 Å². The van der Waals surface area contributed by atoms with Crippen LogP contribution in [-0.2, 0) is 20.6 Å². The van der Waals surface area contributed by atoms with Crippen LogP contribution in [0.25, 0.3) is 0 Å². The Kier molecular flexibility index (Phi) is 6.53. The Morgan fingerprint density at radius 1 is 1.31 bits per heavy atom. The van der Waals surface area contributed by atoms with Gasteiger partial charge in [0.05, 0.1) is 5.75 Å². The van der Waals surface area contributed by atoms with Gasteiger partial charge in [-0.1, -0.05) is 0 Å². The van der Waals surface area contributed by atoms with Crippen LogP contribution in [0.2, 0.25) is 0 Å². The summed E-state index contributed by atoms with van der Waals surface area (Å²) in [5, 5.41) is 3.03. The van der Waals surface area contributed by atoms with E-state index in [-0.39, 0.29) is 5.75 Å². The lowest BCUT2D eigenvalue weighted by Gasteiger charge is -2.01. The van der Waals surface area contributed by atoms with E-state index in [1.807, 2.05) is 0 Å². The van der Waals surface area contributed by atoms with Gasteiger partial charge in [-0.05, 0) is 13.0 Å². The molecule has 0 fully saturated rings. The van der Waals surface area contributed by atoms with E-state index >= 15 is 0 Å². The Bertz CT molecular complexity index is 248. The predicted octanol–water partition coefficient (Wildman–Crippen LogP) is -0.611. The van der Waals surface area contributed by atoms with Crippen LogP contribution >= 0.6 is 0 Å². The minimum atomic E-state index is -2.83. The van der Waals surface area contributed by atoms with E-state index in [0.717, 1.165) is 0 Å². The molecule has 0 spiro atoms. The first kappa shape index (κ1) is 13.1. The van der Waals surface area contributed by atoms with Crippen molar-refractivity contribution in [3.05, 3.63) is 0 Å². The van der Waals surface area contributed by atoms with Crippen molar-refractivity contribution in [2.24, 2.45) is 0 Å². The quantitative estimate of drug-likeness (QED) is 0.589. The third kappa shape index (κ3) is 12.1. The molecule has 0 saturated carbocycles. The number of rotatable bonds is 7. The molecule has 0 bridgehead atoms. The minimum absolute atomic E-state index is 0.217. The van der Waals surface area contributed by atoms with Crippen molar-refractivity contribution in [1.82, 2.24) is 5.32 Å². The molecule has 0 aliphatic heterocycles. The van der Waals surface area contributed by atoms with Crippen molar-refractivity contribution in [1.29, 1.82) is 0 Å². The van der Waals surface area contributed by atoms with E-state index in [1.165, 1.54) is 6.26 Å². The second kappa shape index (κ2) is 6.50. The summed E-state index contributed by atoms with van der Waals surface area (Å²) in [6, 6.07) is 0. The molecular weight excluding hydrogens is 210 g/mol. The molecule has 0 aromatic carbocycles. The molecule has 4 nitrogen and oxygen atoms in total. The summed E-state index contributed by atoms with van der Waals surface area (Å²) >= 11 is 0. The zero-order chi connectivity index (χ0) is 10.3.